The van der Waals surface area contributed by atoms with E-state index in [0.717, 1.165) is 0 Å². The average Bonchev–Trinajstić information content (AvgIpc) is 3.39. The van der Waals surface area contributed by atoms with Crippen LogP contribution in [0.1, 0.15) is 30.7 Å². The highest BCUT2D eigenvalue weighted by Crippen LogP contribution is 2.48. The van der Waals surface area contributed by atoms with Crippen molar-refractivity contribution in [3.05, 3.63) is 35.6 Å². The van der Waals surface area contributed by atoms with E-state index in [2.05, 4.69) is 5.32 Å². The first-order valence-corrected chi connectivity index (χ1v) is 7.93. The van der Waals surface area contributed by atoms with Crippen molar-refractivity contribution in [2.75, 3.05) is 19.8 Å². The first kappa shape index (κ1) is 15.4. The number of rotatable bonds is 8. The Labute approximate surface area is 129 Å². The van der Waals surface area contributed by atoms with E-state index in [-0.39, 0.29) is 36.7 Å². The number of ether oxygens (including phenoxy) is 1. The fourth-order valence-electron chi connectivity index (χ4n) is 2.67. The maximum atomic E-state index is 13.7. The van der Waals surface area contributed by atoms with Gasteiger partial charge in [-0.25, -0.2) is 4.39 Å². The Hall–Kier alpha value is -1.46. The third kappa shape index (κ3) is 4.05. The van der Waals surface area contributed by atoms with Crippen molar-refractivity contribution in [1.82, 2.24) is 5.32 Å². The summed E-state index contributed by atoms with van der Waals surface area (Å²) in [5.41, 5.74) is 0.607. The Balaban J connectivity index is 1.37. The smallest absolute Gasteiger partial charge is 0.223 e. The van der Waals surface area contributed by atoms with Crippen molar-refractivity contribution in [3.8, 4) is 0 Å². The minimum absolute atomic E-state index is 0.0375. The molecule has 1 aromatic carbocycles. The summed E-state index contributed by atoms with van der Waals surface area (Å²) in [6.45, 7) is 1.13. The Morgan fingerprint density at radius 3 is 2.91 bits per heavy atom. The molecule has 3 atom stereocenters. The van der Waals surface area contributed by atoms with Gasteiger partial charge in [-0.2, -0.15) is 0 Å². The maximum absolute atomic E-state index is 13.7. The quantitative estimate of drug-likeness (QED) is 0.770. The van der Waals surface area contributed by atoms with Crippen LogP contribution in [-0.2, 0) is 9.53 Å². The summed E-state index contributed by atoms with van der Waals surface area (Å²) in [5, 5.41) is 12.5. The molecule has 22 heavy (non-hydrogen) atoms. The van der Waals surface area contributed by atoms with E-state index in [4.69, 9.17) is 4.74 Å². The summed E-state index contributed by atoms with van der Waals surface area (Å²) in [6, 6.07) is 6.58. The van der Waals surface area contributed by atoms with E-state index in [0.29, 0.717) is 24.5 Å². The van der Waals surface area contributed by atoms with E-state index in [1.807, 2.05) is 0 Å². The standard InChI is InChI=1S/C17H22FNO3/c18-16-4-2-1-3-13(16)14-7-15(14)17(21)19-8-12(20)10-22-9-11-5-6-11/h1-4,11-12,14-15,20H,5-10H2,(H,19,21)/t12-,14-,15+/m0/s1. The number of carbonyl (C=O) groups is 1. The van der Waals surface area contributed by atoms with Gasteiger partial charge in [-0.15, -0.1) is 0 Å². The average molecular weight is 307 g/mol. The van der Waals surface area contributed by atoms with Gasteiger partial charge in [0.2, 0.25) is 5.91 Å². The van der Waals surface area contributed by atoms with Gasteiger partial charge in [0.05, 0.1) is 12.7 Å². The molecular formula is C17H22FNO3. The number of benzene rings is 1. The van der Waals surface area contributed by atoms with Crippen LogP contribution < -0.4 is 5.32 Å². The van der Waals surface area contributed by atoms with Crippen molar-refractivity contribution in [2.45, 2.75) is 31.3 Å². The number of aliphatic hydroxyl groups excluding tert-OH is 1. The van der Waals surface area contributed by atoms with Gasteiger partial charge < -0.3 is 15.2 Å². The molecule has 0 aromatic heterocycles. The Morgan fingerprint density at radius 1 is 1.41 bits per heavy atom. The predicted molar refractivity (Wildman–Crippen MR) is 79.8 cm³/mol. The zero-order valence-corrected chi connectivity index (χ0v) is 12.5. The number of carbonyl (C=O) groups excluding carboxylic acids is 1. The van der Waals surface area contributed by atoms with Gasteiger partial charge in [0.15, 0.2) is 0 Å². The molecule has 120 valence electrons. The molecule has 2 saturated carbocycles. The normalized spacial score (nSPS) is 24.8. The molecule has 0 bridgehead atoms. The molecule has 5 heteroatoms. The van der Waals surface area contributed by atoms with Crippen molar-refractivity contribution >= 4 is 5.91 Å². The van der Waals surface area contributed by atoms with E-state index in [9.17, 15) is 14.3 Å². The lowest BCUT2D eigenvalue weighted by atomic mass is 10.1. The van der Waals surface area contributed by atoms with E-state index in [1.165, 1.54) is 18.9 Å². The summed E-state index contributed by atoms with van der Waals surface area (Å²) in [4.78, 5) is 12.0. The monoisotopic (exact) mass is 307 g/mol. The third-order valence-electron chi connectivity index (χ3n) is 4.30. The highest BCUT2D eigenvalue weighted by Gasteiger charge is 2.45. The largest absolute Gasteiger partial charge is 0.389 e. The van der Waals surface area contributed by atoms with Crippen LogP contribution in [0.2, 0.25) is 0 Å². The summed E-state index contributed by atoms with van der Waals surface area (Å²) in [7, 11) is 0. The molecule has 2 aliphatic carbocycles. The molecule has 2 aliphatic rings. The van der Waals surface area contributed by atoms with Crippen molar-refractivity contribution in [1.29, 1.82) is 0 Å². The molecule has 0 spiro atoms. The molecule has 4 nitrogen and oxygen atoms in total. The van der Waals surface area contributed by atoms with E-state index in [1.54, 1.807) is 18.2 Å². The molecule has 0 radical (unpaired) electrons. The minimum atomic E-state index is -0.687. The van der Waals surface area contributed by atoms with E-state index >= 15 is 0 Å². The fourth-order valence-corrected chi connectivity index (χ4v) is 2.67. The zero-order valence-electron chi connectivity index (χ0n) is 12.5. The lowest BCUT2D eigenvalue weighted by Gasteiger charge is -2.12. The van der Waals surface area contributed by atoms with Gasteiger partial charge in [-0.3, -0.25) is 4.79 Å². The van der Waals surface area contributed by atoms with E-state index < -0.39 is 6.10 Å². The van der Waals surface area contributed by atoms with Crippen LogP contribution in [0.25, 0.3) is 0 Å². The fraction of sp³-hybridized carbons (Fsp3) is 0.588. The summed E-state index contributed by atoms with van der Waals surface area (Å²) in [6.07, 6.45) is 2.41. The Kier molecular flexibility index (Phi) is 4.74. The molecule has 0 saturated heterocycles. The SMILES string of the molecule is O=C(NC[C@H](O)COCC1CC1)[C@@H]1C[C@H]1c1ccccc1F. The third-order valence-corrected chi connectivity index (χ3v) is 4.30. The zero-order chi connectivity index (χ0) is 15.5. The van der Waals surface area contributed by atoms with Gasteiger partial charge in [-0.1, -0.05) is 18.2 Å². The molecule has 1 amide bonds. The molecule has 3 rings (SSSR count). The van der Waals surface area contributed by atoms with Crippen molar-refractivity contribution < 1.29 is 19.0 Å². The number of nitrogens with one attached hydrogen (secondary N) is 1. The Morgan fingerprint density at radius 2 is 2.18 bits per heavy atom. The van der Waals surface area contributed by atoms with Gasteiger partial charge in [0, 0.05) is 19.1 Å². The van der Waals surface area contributed by atoms with Crippen LogP contribution in [0.15, 0.2) is 24.3 Å². The van der Waals surface area contributed by atoms with Crippen molar-refractivity contribution in [2.24, 2.45) is 11.8 Å². The molecule has 1 aromatic rings. The maximum Gasteiger partial charge on any atom is 0.223 e. The second-order valence-electron chi connectivity index (χ2n) is 6.35. The van der Waals surface area contributed by atoms with Crippen LogP contribution in [-0.4, -0.2) is 36.9 Å². The lowest BCUT2D eigenvalue weighted by Crippen LogP contribution is -2.35. The first-order chi connectivity index (χ1) is 10.6. The minimum Gasteiger partial charge on any atom is -0.389 e. The second-order valence-corrected chi connectivity index (χ2v) is 6.35. The van der Waals surface area contributed by atoms with Crippen molar-refractivity contribution in [3.63, 3.8) is 0 Å². The molecule has 0 aliphatic heterocycles. The highest BCUT2D eigenvalue weighted by molar-refractivity contribution is 5.82. The number of aliphatic hydroxyl groups is 1. The summed E-state index contributed by atoms with van der Waals surface area (Å²) < 4.78 is 19.0. The topological polar surface area (TPSA) is 58.6 Å². The summed E-state index contributed by atoms with van der Waals surface area (Å²) in [5.74, 6) is 0.0709. The van der Waals surface area contributed by atoms with Crippen LogP contribution in [0, 0.1) is 17.7 Å². The number of hydrogen-bond acceptors (Lipinski definition) is 3. The predicted octanol–water partition coefficient (Wildman–Crippen LogP) is 1.83. The molecule has 0 heterocycles. The molecular weight excluding hydrogens is 285 g/mol. The number of halogens is 1. The van der Waals surface area contributed by atoms with Crippen LogP contribution in [0.4, 0.5) is 4.39 Å². The number of amides is 1. The van der Waals surface area contributed by atoms with Crippen LogP contribution in [0.3, 0.4) is 0 Å². The van der Waals surface area contributed by atoms with Gasteiger partial charge >= 0.3 is 0 Å². The molecule has 0 unspecified atom stereocenters. The number of hydrogen-bond donors (Lipinski definition) is 2. The van der Waals surface area contributed by atoms with Gasteiger partial charge in [0.1, 0.15) is 5.82 Å². The van der Waals surface area contributed by atoms with Crippen LogP contribution >= 0.6 is 0 Å². The Bertz CT molecular complexity index is 532. The van der Waals surface area contributed by atoms with Gasteiger partial charge in [0.25, 0.3) is 0 Å². The summed E-state index contributed by atoms with van der Waals surface area (Å²) >= 11 is 0. The lowest BCUT2D eigenvalue weighted by molar-refractivity contribution is -0.123. The molecule has 2 fully saturated rings. The van der Waals surface area contributed by atoms with Gasteiger partial charge in [-0.05, 0) is 42.7 Å². The first-order valence-electron chi connectivity index (χ1n) is 7.93. The second kappa shape index (κ2) is 6.75. The highest BCUT2D eigenvalue weighted by atomic mass is 19.1. The molecule has 2 N–H and O–H groups in total. The van der Waals surface area contributed by atoms with Crippen LogP contribution in [0.5, 0.6) is 0 Å².